The number of benzene rings is 3. The maximum atomic E-state index is 13.7. The first-order chi connectivity index (χ1) is 14.7. The van der Waals surface area contributed by atoms with Gasteiger partial charge in [0.2, 0.25) is 0 Å². The van der Waals surface area contributed by atoms with Gasteiger partial charge in [0.1, 0.15) is 22.9 Å². The SMILES string of the molecule is CC(=O)Oc1ccc(NC(=O)NC(=O)c2c(F)cccc2F)cc1-c1ccc(Br)cc1. The second-order valence-corrected chi connectivity index (χ2v) is 7.23. The highest BCUT2D eigenvalue weighted by Gasteiger charge is 2.19. The number of ether oxygens (including phenoxy) is 1. The first-order valence-electron chi connectivity index (χ1n) is 8.89. The number of rotatable bonds is 4. The number of carbonyl (C=O) groups excluding carboxylic acids is 3. The molecule has 3 amide bonds. The highest BCUT2D eigenvalue weighted by Crippen LogP contribution is 2.33. The topological polar surface area (TPSA) is 84.5 Å². The number of hydrogen-bond acceptors (Lipinski definition) is 4. The summed E-state index contributed by atoms with van der Waals surface area (Å²) in [5, 5.41) is 4.30. The average molecular weight is 489 g/mol. The Balaban J connectivity index is 1.83. The Labute approximate surface area is 184 Å². The van der Waals surface area contributed by atoms with Crippen molar-refractivity contribution < 1.29 is 27.9 Å². The third-order valence-corrected chi connectivity index (χ3v) is 4.59. The van der Waals surface area contributed by atoms with E-state index in [0.29, 0.717) is 11.1 Å². The van der Waals surface area contributed by atoms with Gasteiger partial charge in [0, 0.05) is 22.6 Å². The van der Waals surface area contributed by atoms with Gasteiger partial charge in [-0.25, -0.2) is 13.6 Å². The number of imide groups is 1. The molecule has 0 spiro atoms. The lowest BCUT2D eigenvalue weighted by Crippen LogP contribution is -2.35. The van der Waals surface area contributed by atoms with E-state index in [4.69, 9.17) is 4.74 Å². The highest BCUT2D eigenvalue weighted by molar-refractivity contribution is 9.10. The molecular formula is C22H15BrF2N2O4. The van der Waals surface area contributed by atoms with Gasteiger partial charge in [-0.3, -0.25) is 14.9 Å². The molecule has 0 saturated carbocycles. The number of amides is 3. The molecule has 0 unspecified atom stereocenters. The molecule has 2 N–H and O–H groups in total. The summed E-state index contributed by atoms with van der Waals surface area (Å²) in [4.78, 5) is 35.7. The maximum absolute atomic E-state index is 13.7. The third-order valence-electron chi connectivity index (χ3n) is 4.06. The van der Waals surface area contributed by atoms with Crippen molar-refractivity contribution in [1.82, 2.24) is 5.32 Å². The van der Waals surface area contributed by atoms with Gasteiger partial charge in [-0.1, -0.05) is 34.1 Å². The molecule has 0 bridgehead atoms. The lowest BCUT2D eigenvalue weighted by molar-refractivity contribution is -0.131. The van der Waals surface area contributed by atoms with Gasteiger partial charge in [-0.2, -0.15) is 0 Å². The Morgan fingerprint density at radius 1 is 0.935 bits per heavy atom. The predicted octanol–water partition coefficient (Wildman–Crippen LogP) is 5.28. The summed E-state index contributed by atoms with van der Waals surface area (Å²) < 4.78 is 33.5. The van der Waals surface area contributed by atoms with Crippen molar-refractivity contribution in [2.45, 2.75) is 6.92 Å². The lowest BCUT2D eigenvalue weighted by atomic mass is 10.0. The lowest BCUT2D eigenvalue weighted by Gasteiger charge is -2.13. The van der Waals surface area contributed by atoms with Crippen molar-refractivity contribution in [3.63, 3.8) is 0 Å². The first kappa shape index (κ1) is 22.1. The van der Waals surface area contributed by atoms with Crippen LogP contribution in [0.1, 0.15) is 17.3 Å². The van der Waals surface area contributed by atoms with Crippen LogP contribution in [0.5, 0.6) is 5.75 Å². The van der Waals surface area contributed by atoms with Crippen LogP contribution in [0, 0.1) is 11.6 Å². The smallest absolute Gasteiger partial charge is 0.326 e. The predicted molar refractivity (Wildman–Crippen MR) is 114 cm³/mol. The van der Waals surface area contributed by atoms with Crippen LogP contribution < -0.4 is 15.4 Å². The van der Waals surface area contributed by atoms with Crippen molar-refractivity contribution in [3.05, 3.63) is 82.3 Å². The molecule has 3 aromatic rings. The summed E-state index contributed by atoms with van der Waals surface area (Å²) in [7, 11) is 0. The van der Waals surface area contributed by atoms with Crippen molar-refractivity contribution in [2.75, 3.05) is 5.32 Å². The van der Waals surface area contributed by atoms with E-state index in [1.807, 2.05) is 5.32 Å². The zero-order valence-electron chi connectivity index (χ0n) is 16.0. The van der Waals surface area contributed by atoms with Gasteiger partial charge in [0.05, 0.1) is 0 Å². The molecule has 3 aromatic carbocycles. The fourth-order valence-electron chi connectivity index (χ4n) is 2.75. The maximum Gasteiger partial charge on any atom is 0.326 e. The van der Waals surface area contributed by atoms with E-state index in [9.17, 15) is 23.2 Å². The molecule has 6 nitrogen and oxygen atoms in total. The number of halogens is 3. The van der Waals surface area contributed by atoms with Gasteiger partial charge >= 0.3 is 12.0 Å². The van der Waals surface area contributed by atoms with Crippen LogP contribution in [0.25, 0.3) is 11.1 Å². The quantitative estimate of drug-likeness (QED) is 0.386. The third kappa shape index (κ3) is 5.52. The van der Waals surface area contributed by atoms with Crippen LogP contribution in [0.15, 0.2) is 65.1 Å². The van der Waals surface area contributed by atoms with Crippen LogP contribution in [-0.2, 0) is 4.79 Å². The monoisotopic (exact) mass is 488 g/mol. The van der Waals surface area contributed by atoms with E-state index in [2.05, 4.69) is 21.2 Å². The summed E-state index contributed by atoms with van der Waals surface area (Å²) in [6, 6.07) is 13.5. The second-order valence-electron chi connectivity index (χ2n) is 6.32. The van der Waals surface area contributed by atoms with Crippen LogP contribution in [-0.4, -0.2) is 17.9 Å². The van der Waals surface area contributed by atoms with Gasteiger partial charge in [0.25, 0.3) is 5.91 Å². The van der Waals surface area contributed by atoms with Gasteiger partial charge < -0.3 is 10.1 Å². The minimum absolute atomic E-state index is 0.258. The van der Waals surface area contributed by atoms with Gasteiger partial charge in [-0.05, 0) is 48.0 Å². The van der Waals surface area contributed by atoms with Gasteiger partial charge in [0.15, 0.2) is 0 Å². The number of anilines is 1. The number of urea groups is 1. The largest absolute Gasteiger partial charge is 0.426 e. The number of esters is 1. The normalized spacial score (nSPS) is 10.3. The Morgan fingerprint density at radius 2 is 1.58 bits per heavy atom. The molecule has 3 rings (SSSR count). The fraction of sp³-hybridized carbons (Fsp3) is 0.0455. The van der Waals surface area contributed by atoms with E-state index in [0.717, 1.165) is 22.7 Å². The molecule has 0 radical (unpaired) electrons. The van der Waals surface area contributed by atoms with Crippen molar-refractivity contribution >= 4 is 39.5 Å². The van der Waals surface area contributed by atoms with Gasteiger partial charge in [-0.15, -0.1) is 0 Å². The molecule has 0 saturated heterocycles. The van der Waals surface area contributed by atoms with Crippen LogP contribution in [0.2, 0.25) is 0 Å². The number of nitrogens with one attached hydrogen (secondary N) is 2. The van der Waals surface area contributed by atoms with E-state index in [-0.39, 0.29) is 11.4 Å². The van der Waals surface area contributed by atoms with E-state index < -0.39 is 35.1 Å². The van der Waals surface area contributed by atoms with Crippen molar-refractivity contribution in [2.24, 2.45) is 0 Å². The minimum Gasteiger partial charge on any atom is -0.426 e. The second kappa shape index (κ2) is 9.48. The van der Waals surface area contributed by atoms with E-state index in [1.54, 1.807) is 24.3 Å². The molecule has 0 fully saturated rings. The molecular weight excluding hydrogens is 474 g/mol. The molecule has 0 aliphatic carbocycles. The molecule has 0 atom stereocenters. The zero-order valence-corrected chi connectivity index (χ0v) is 17.6. The molecule has 158 valence electrons. The zero-order chi connectivity index (χ0) is 22.5. The molecule has 0 aromatic heterocycles. The summed E-state index contributed by atoms with van der Waals surface area (Å²) in [5.74, 6) is -3.65. The Hall–Kier alpha value is -3.59. The molecule has 0 aliphatic heterocycles. The summed E-state index contributed by atoms with van der Waals surface area (Å²) in [6.07, 6.45) is 0. The molecule has 0 aliphatic rings. The Bertz CT molecular complexity index is 1150. The highest BCUT2D eigenvalue weighted by atomic mass is 79.9. The first-order valence-corrected chi connectivity index (χ1v) is 9.68. The summed E-state index contributed by atoms with van der Waals surface area (Å²) in [5.41, 5.74) is 0.603. The summed E-state index contributed by atoms with van der Waals surface area (Å²) in [6.45, 7) is 1.26. The number of hydrogen-bond donors (Lipinski definition) is 2. The van der Waals surface area contributed by atoms with Crippen molar-refractivity contribution in [1.29, 1.82) is 0 Å². The standard InChI is InChI=1S/C22H15BrF2N2O4/c1-12(28)31-19-10-9-15(11-16(19)13-5-7-14(23)8-6-13)26-22(30)27-21(29)20-17(24)3-2-4-18(20)25/h2-11H,1H3,(H2,26,27,29,30). The van der Waals surface area contributed by atoms with E-state index >= 15 is 0 Å². The fourth-order valence-corrected chi connectivity index (χ4v) is 3.01. The average Bonchev–Trinajstić information content (AvgIpc) is 2.69. The molecule has 31 heavy (non-hydrogen) atoms. The molecule has 0 heterocycles. The van der Waals surface area contributed by atoms with Crippen LogP contribution in [0.3, 0.4) is 0 Å². The summed E-state index contributed by atoms with van der Waals surface area (Å²) >= 11 is 3.34. The van der Waals surface area contributed by atoms with Crippen molar-refractivity contribution in [3.8, 4) is 16.9 Å². The van der Waals surface area contributed by atoms with Crippen LogP contribution >= 0.6 is 15.9 Å². The Morgan fingerprint density at radius 3 is 2.19 bits per heavy atom. The van der Waals surface area contributed by atoms with E-state index in [1.165, 1.54) is 25.1 Å². The molecule has 9 heteroatoms. The van der Waals surface area contributed by atoms with Crippen LogP contribution in [0.4, 0.5) is 19.3 Å². The Kier molecular flexibility index (Phi) is 6.76. The number of carbonyl (C=O) groups is 3. The minimum atomic E-state index is -1.22.